The Balaban J connectivity index is 1.71. The number of rotatable bonds is 9. The molecule has 1 saturated heterocycles. The van der Waals surface area contributed by atoms with Crippen molar-refractivity contribution in [1.29, 1.82) is 0 Å². The lowest BCUT2D eigenvalue weighted by molar-refractivity contribution is -0.272. The maximum atomic E-state index is 12.5. The third kappa shape index (κ3) is 7.26. The number of ether oxygens (including phenoxy) is 5. The van der Waals surface area contributed by atoms with Gasteiger partial charge in [-0.05, 0) is 11.1 Å². The molecule has 0 unspecified atom stereocenters. The highest BCUT2D eigenvalue weighted by Crippen LogP contribution is 2.26. The number of aliphatic hydroxyl groups is 1. The summed E-state index contributed by atoms with van der Waals surface area (Å²) in [6.07, 6.45) is -4.72. The van der Waals surface area contributed by atoms with Gasteiger partial charge in [-0.3, -0.25) is 4.79 Å². The van der Waals surface area contributed by atoms with E-state index in [1.807, 2.05) is 60.7 Å². The minimum Gasteiger partial charge on any atom is -0.463 e. The van der Waals surface area contributed by atoms with Gasteiger partial charge in [0.25, 0.3) is 0 Å². The van der Waals surface area contributed by atoms with Gasteiger partial charge in [-0.1, -0.05) is 60.7 Å². The van der Waals surface area contributed by atoms with Crippen molar-refractivity contribution >= 4 is 12.1 Å². The maximum absolute atomic E-state index is 12.5. The fraction of sp³-hybridized carbons (Fsp3) is 0.417. The SMILES string of the molecule is CO[C@H]1O[C@H](COC(C)=O)[C@@H](O)[C@H](OCc2ccccc2)[C@H]1NC(=O)OCc1ccccc1. The van der Waals surface area contributed by atoms with Gasteiger partial charge >= 0.3 is 12.1 Å². The predicted octanol–water partition coefficient (Wildman–Crippen LogP) is 2.16. The first-order valence-corrected chi connectivity index (χ1v) is 10.6. The summed E-state index contributed by atoms with van der Waals surface area (Å²) in [7, 11) is 1.41. The van der Waals surface area contributed by atoms with Crippen LogP contribution in [-0.4, -0.2) is 61.5 Å². The zero-order chi connectivity index (χ0) is 23.6. The Morgan fingerprint density at radius 1 is 0.970 bits per heavy atom. The molecule has 1 heterocycles. The zero-order valence-electron chi connectivity index (χ0n) is 18.6. The molecule has 0 saturated carbocycles. The Morgan fingerprint density at radius 3 is 2.15 bits per heavy atom. The number of aliphatic hydroxyl groups excluding tert-OH is 1. The van der Waals surface area contributed by atoms with E-state index >= 15 is 0 Å². The molecule has 0 aromatic heterocycles. The number of hydrogen-bond acceptors (Lipinski definition) is 8. The van der Waals surface area contributed by atoms with Crippen LogP contribution in [0.1, 0.15) is 18.1 Å². The minimum absolute atomic E-state index is 0.0745. The highest BCUT2D eigenvalue weighted by molar-refractivity contribution is 5.68. The van der Waals surface area contributed by atoms with Crippen LogP contribution in [-0.2, 0) is 41.7 Å². The summed E-state index contributed by atoms with van der Waals surface area (Å²) in [5, 5.41) is 13.6. The lowest BCUT2D eigenvalue weighted by Crippen LogP contribution is -2.65. The molecule has 0 bridgehead atoms. The predicted molar refractivity (Wildman–Crippen MR) is 117 cm³/mol. The molecule has 1 aliphatic heterocycles. The molecule has 2 aromatic rings. The van der Waals surface area contributed by atoms with Crippen molar-refractivity contribution in [3.63, 3.8) is 0 Å². The summed E-state index contributed by atoms with van der Waals surface area (Å²) in [5.41, 5.74) is 1.71. The summed E-state index contributed by atoms with van der Waals surface area (Å²) in [4.78, 5) is 23.8. The molecule has 1 fully saturated rings. The van der Waals surface area contributed by atoms with Crippen LogP contribution >= 0.6 is 0 Å². The summed E-state index contributed by atoms with van der Waals surface area (Å²) < 4.78 is 27.5. The van der Waals surface area contributed by atoms with Gasteiger partial charge in [0.2, 0.25) is 0 Å². The quantitative estimate of drug-likeness (QED) is 0.549. The number of benzene rings is 2. The Bertz CT molecular complexity index is 879. The van der Waals surface area contributed by atoms with Crippen LogP contribution in [0.15, 0.2) is 60.7 Å². The molecule has 33 heavy (non-hydrogen) atoms. The van der Waals surface area contributed by atoms with Gasteiger partial charge in [0.15, 0.2) is 6.29 Å². The second kappa shape index (κ2) is 12.3. The molecular formula is C24H29NO8. The summed E-state index contributed by atoms with van der Waals surface area (Å²) >= 11 is 0. The molecule has 1 aliphatic rings. The molecule has 178 valence electrons. The van der Waals surface area contributed by atoms with Gasteiger partial charge in [0.05, 0.1) is 6.61 Å². The van der Waals surface area contributed by atoms with E-state index in [9.17, 15) is 14.7 Å². The van der Waals surface area contributed by atoms with Gasteiger partial charge in [0, 0.05) is 14.0 Å². The van der Waals surface area contributed by atoms with Crippen LogP contribution in [0, 0.1) is 0 Å². The van der Waals surface area contributed by atoms with E-state index in [-0.39, 0.29) is 19.8 Å². The number of esters is 1. The number of hydrogen-bond donors (Lipinski definition) is 2. The van der Waals surface area contributed by atoms with Crippen molar-refractivity contribution in [2.45, 2.75) is 50.8 Å². The second-order valence-corrected chi connectivity index (χ2v) is 7.56. The van der Waals surface area contributed by atoms with E-state index in [0.29, 0.717) is 0 Å². The highest BCUT2D eigenvalue weighted by Gasteiger charge is 2.47. The number of amides is 1. The number of nitrogens with one attached hydrogen (secondary N) is 1. The third-order valence-electron chi connectivity index (χ3n) is 5.14. The van der Waals surface area contributed by atoms with Gasteiger partial charge in [-0.2, -0.15) is 0 Å². The molecule has 2 aromatic carbocycles. The molecule has 3 rings (SSSR count). The van der Waals surface area contributed by atoms with Crippen LogP contribution in [0.2, 0.25) is 0 Å². The van der Waals surface area contributed by atoms with Crippen molar-refractivity contribution < 1.29 is 38.4 Å². The van der Waals surface area contributed by atoms with Gasteiger partial charge < -0.3 is 34.1 Å². The molecule has 2 N–H and O–H groups in total. The fourth-order valence-corrected chi connectivity index (χ4v) is 3.48. The number of carbonyl (C=O) groups is 2. The Labute approximate surface area is 192 Å². The fourth-order valence-electron chi connectivity index (χ4n) is 3.48. The topological polar surface area (TPSA) is 113 Å². The number of carbonyl (C=O) groups excluding carboxylic acids is 2. The largest absolute Gasteiger partial charge is 0.463 e. The van der Waals surface area contributed by atoms with Crippen molar-refractivity contribution in [3.8, 4) is 0 Å². The van der Waals surface area contributed by atoms with E-state index < -0.39 is 42.7 Å². The molecule has 0 aliphatic carbocycles. The van der Waals surface area contributed by atoms with Crippen LogP contribution in [0.5, 0.6) is 0 Å². The number of methoxy groups -OCH3 is 1. The average Bonchev–Trinajstić information content (AvgIpc) is 2.83. The zero-order valence-corrected chi connectivity index (χ0v) is 18.6. The highest BCUT2D eigenvalue weighted by atomic mass is 16.7. The maximum Gasteiger partial charge on any atom is 0.407 e. The minimum atomic E-state index is -1.21. The molecule has 9 nitrogen and oxygen atoms in total. The van der Waals surface area contributed by atoms with E-state index in [0.717, 1.165) is 11.1 Å². The second-order valence-electron chi connectivity index (χ2n) is 7.56. The lowest BCUT2D eigenvalue weighted by Gasteiger charge is -2.43. The molecule has 9 heteroatoms. The smallest absolute Gasteiger partial charge is 0.407 e. The van der Waals surface area contributed by atoms with Gasteiger partial charge in [-0.15, -0.1) is 0 Å². The van der Waals surface area contributed by atoms with E-state index in [1.54, 1.807) is 0 Å². The van der Waals surface area contributed by atoms with Crippen LogP contribution in [0.4, 0.5) is 4.79 Å². The Kier molecular flexibility index (Phi) is 9.20. The monoisotopic (exact) mass is 459 g/mol. The molecule has 0 radical (unpaired) electrons. The standard InChI is InChI=1S/C24H29NO8/c1-16(26)30-15-19-21(27)22(31-13-17-9-5-3-6-10-17)20(23(29-2)33-19)25-24(28)32-14-18-11-7-4-8-12-18/h3-12,19-23,27H,13-15H2,1-2H3,(H,25,28)/t19-,20-,21-,22-,23+/m1/s1. The normalized spacial score (nSPS) is 24.6. The summed E-state index contributed by atoms with van der Waals surface area (Å²) in [5.74, 6) is -0.508. The third-order valence-corrected chi connectivity index (χ3v) is 5.14. The van der Waals surface area contributed by atoms with Gasteiger partial charge in [-0.25, -0.2) is 4.79 Å². The summed E-state index contributed by atoms with van der Waals surface area (Å²) in [6, 6.07) is 17.7. The molecule has 5 atom stereocenters. The summed E-state index contributed by atoms with van der Waals surface area (Å²) in [6.45, 7) is 1.33. The van der Waals surface area contributed by atoms with Gasteiger partial charge in [0.1, 0.15) is 37.6 Å². The van der Waals surface area contributed by atoms with E-state index in [1.165, 1.54) is 14.0 Å². The van der Waals surface area contributed by atoms with Crippen LogP contribution in [0.3, 0.4) is 0 Å². The Morgan fingerprint density at radius 2 is 1.58 bits per heavy atom. The van der Waals surface area contributed by atoms with Crippen molar-refractivity contribution in [2.24, 2.45) is 0 Å². The van der Waals surface area contributed by atoms with Crippen LogP contribution in [0.25, 0.3) is 0 Å². The molecular weight excluding hydrogens is 430 g/mol. The van der Waals surface area contributed by atoms with Crippen molar-refractivity contribution in [3.05, 3.63) is 71.8 Å². The van der Waals surface area contributed by atoms with Crippen molar-refractivity contribution in [1.82, 2.24) is 5.32 Å². The van der Waals surface area contributed by atoms with E-state index in [2.05, 4.69) is 5.32 Å². The first-order chi connectivity index (χ1) is 16.0. The average molecular weight is 459 g/mol. The lowest BCUT2D eigenvalue weighted by atomic mass is 9.96. The molecule has 0 spiro atoms. The molecule has 1 amide bonds. The van der Waals surface area contributed by atoms with E-state index in [4.69, 9.17) is 23.7 Å². The number of alkyl carbamates (subject to hydrolysis) is 1. The first-order valence-electron chi connectivity index (χ1n) is 10.6. The Hall–Kier alpha value is -2.98. The first kappa shape index (κ1) is 24.7. The van der Waals surface area contributed by atoms with Crippen molar-refractivity contribution in [2.75, 3.05) is 13.7 Å². The van der Waals surface area contributed by atoms with Crippen LogP contribution < -0.4 is 5.32 Å².